The second-order valence-corrected chi connectivity index (χ2v) is 0.186. The quantitative estimate of drug-likeness (QED) is 0.375. The zero-order valence-corrected chi connectivity index (χ0v) is 9.68. The molecule has 0 nitrogen and oxygen atoms in total. The fourth-order valence-electron chi connectivity index (χ4n) is 0. The van der Waals surface area contributed by atoms with Gasteiger partial charge in [-0.15, -0.1) is 0 Å². The average Bonchev–Trinajstić information content (AvgIpc) is 0.918. The van der Waals surface area contributed by atoms with Crippen molar-refractivity contribution in [1.82, 2.24) is 0 Å². The van der Waals surface area contributed by atoms with Gasteiger partial charge in [-0.3, -0.25) is 0 Å². The first kappa shape index (κ1) is 34.5. The molecule has 0 atom stereocenters. The Morgan fingerprint density at radius 2 is 0.857 bits per heavy atom. The Morgan fingerprint density at radius 1 is 0.857 bits per heavy atom. The first-order chi connectivity index (χ1) is 1.41. The molecule has 0 aliphatic rings. The van der Waals surface area contributed by atoms with Crippen molar-refractivity contribution < 1.29 is 73.5 Å². The summed E-state index contributed by atoms with van der Waals surface area (Å²) in [4.78, 5) is 0. The van der Waals surface area contributed by atoms with Gasteiger partial charge >= 0.3 is 39.9 Å². The van der Waals surface area contributed by atoms with E-state index in [1.807, 2.05) is 0 Å². The molecule has 0 aromatic heterocycles. The summed E-state index contributed by atoms with van der Waals surface area (Å²) in [5.41, 5.74) is 0. The fraction of sp³-hybridized carbons (Fsp3) is 0. The van der Waals surface area contributed by atoms with Crippen molar-refractivity contribution >= 4 is 17.4 Å². The summed E-state index contributed by atoms with van der Waals surface area (Å²) in [5.74, 6) is 0. The second-order valence-electron chi connectivity index (χ2n) is 0.0452. The molecular formula is AlBr3F2Ni. The molecule has 7 heteroatoms. The van der Waals surface area contributed by atoms with Gasteiger partial charge in [-0.1, -0.05) is 0 Å². The molecule has 0 aliphatic heterocycles. The van der Waals surface area contributed by atoms with Crippen molar-refractivity contribution in [3.05, 3.63) is 0 Å². The van der Waals surface area contributed by atoms with E-state index in [2.05, 4.69) is 0 Å². The Labute approximate surface area is 89.9 Å². The normalized spacial score (nSPS) is 3.14. The average molecular weight is 363 g/mol. The van der Waals surface area contributed by atoms with Gasteiger partial charge in [0.15, 0.2) is 0 Å². The Kier molecular flexibility index (Phi) is 199. The van der Waals surface area contributed by atoms with E-state index >= 15 is 0 Å². The third-order valence-electron chi connectivity index (χ3n) is 0. The van der Waals surface area contributed by atoms with E-state index in [4.69, 9.17) is 0 Å². The van der Waals surface area contributed by atoms with Crippen molar-refractivity contribution in [3.63, 3.8) is 0 Å². The molecule has 0 fully saturated rings. The monoisotopic (exact) mass is 360 g/mol. The number of hydrogen-bond acceptors (Lipinski definition) is 0. The van der Waals surface area contributed by atoms with Crippen LogP contribution in [-0.4, -0.2) is 17.4 Å². The predicted molar refractivity (Wildman–Crippen MR) is 7.97 cm³/mol. The van der Waals surface area contributed by atoms with Gasteiger partial charge < -0.3 is 50.9 Å². The van der Waals surface area contributed by atoms with Crippen LogP contribution in [0.3, 0.4) is 0 Å². The molecule has 0 aromatic rings. The fourth-order valence-corrected chi connectivity index (χ4v) is 0. The van der Waals surface area contributed by atoms with Crippen LogP contribution in [0.4, 0.5) is 7.21 Å². The van der Waals surface area contributed by atoms with Gasteiger partial charge in [0, 0.05) is 0 Å². The van der Waals surface area contributed by atoms with Gasteiger partial charge in [0.2, 0.25) is 0 Å². The van der Waals surface area contributed by atoms with Gasteiger partial charge in [0.25, 0.3) is 0 Å². The first-order valence-corrected chi connectivity index (χ1v) is 0.986. The number of halogens is 5. The van der Waals surface area contributed by atoms with Crippen LogP contribution in [-0.2, 0) is 15.3 Å². The van der Waals surface area contributed by atoms with E-state index in [9.17, 15) is 7.21 Å². The summed E-state index contributed by atoms with van der Waals surface area (Å²) in [6, 6.07) is 0. The van der Waals surface area contributed by atoms with E-state index < -0.39 is 15.3 Å². The van der Waals surface area contributed by atoms with Gasteiger partial charge in [0.1, 0.15) is 0 Å². The maximum atomic E-state index is 9.56. The van der Waals surface area contributed by atoms with Crippen LogP contribution in [0.15, 0.2) is 0 Å². The molecule has 0 spiro atoms. The summed E-state index contributed by atoms with van der Waals surface area (Å²) in [7, 11) is 0. The molecule has 0 saturated carbocycles. The van der Waals surface area contributed by atoms with Crippen molar-refractivity contribution in [2.24, 2.45) is 0 Å². The van der Waals surface area contributed by atoms with Crippen LogP contribution in [0, 0.1) is 0 Å². The maximum absolute atomic E-state index is 9.56. The molecule has 0 aromatic carbocycles. The molecule has 0 aliphatic carbocycles. The summed E-state index contributed by atoms with van der Waals surface area (Å²) in [6.07, 6.45) is 0. The summed E-state index contributed by atoms with van der Waals surface area (Å²) in [6.45, 7) is 0. The van der Waals surface area contributed by atoms with Crippen LogP contribution < -0.4 is 50.9 Å². The molecule has 0 N–H and O–H groups in total. The molecule has 0 bridgehead atoms. The third kappa shape index (κ3) is 61.6. The van der Waals surface area contributed by atoms with Crippen LogP contribution >= 0.6 is 0 Å². The van der Waals surface area contributed by atoms with E-state index in [1.165, 1.54) is 0 Å². The molecule has 0 saturated heterocycles. The van der Waals surface area contributed by atoms with Gasteiger partial charge in [-0.25, -0.2) is 0 Å². The number of hydrogen-bond donors (Lipinski definition) is 0. The molecule has 0 radical (unpaired) electrons. The Bertz CT molecular complexity index is 12.9. The van der Waals surface area contributed by atoms with Crippen molar-refractivity contribution in [3.8, 4) is 0 Å². The molecule has 0 amide bonds. The Hall–Kier alpha value is 2.33. The Balaban J connectivity index is -0.00000000333. The van der Waals surface area contributed by atoms with Crippen molar-refractivity contribution in [2.45, 2.75) is 0 Å². The minimum atomic E-state index is -1.38. The zero-order chi connectivity index (χ0) is 2.71. The molecule has 0 unspecified atom stereocenters. The van der Waals surface area contributed by atoms with Crippen LogP contribution in [0.1, 0.15) is 0 Å². The first-order valence-electron chi connectivity index (χ1n) is 0.239. The van der Waals surface area contributed by atoms with Crippen LogP contribution in [0.2, 0.25) is 0 Å². The van der Waals surface area contributed by atoms with Gasteiger partial charge in [-0.2, -0.15) is 0 Å². The van der Waals surface area contributed by atoms with Crippen molar-refractivity contribution in [1.29, 1.82) is 0 Å². The Morgan fingerprint density at radius 3 is 0.857 bits per heavy atom. The van der Waals surface area contributed by atoms with Crippen LogP contribution in [0.25, 0.3) is 0 Å². The van der Waals surface area contributed by atoms with Crippen LogP contribution in [0.5, 0.6) is 0 Å². The summed E-state index contributed by atoms with van der Waals surface area (Å²) >= 11 is -1.38. The van der Waals surface area contributed by atoms with Crippen molar-refractivity contribution in [2.75, 3.05) is 0 Å². The van der Waals surface area contributed by atoms with E-state index in [-0.39, 0.29) is 68.3 Å². The van der Waals surface area contributed by atoms with E-state index in [0.717, 1.165) is 0 Å². The van der Waals surface area contributed by atoms with E-state index in [0.29, 0.717) is 0 Å². The van der Waals surface area contributed by atoms with Gasteiger partial charge in [-0.05, 0) is 0 Å². The summed E-state index contributed by atoms with van der Waals surface area (Å²) in [5, 5.41) is 0. The summed E-state index contributed by atoms with van der Waals surface area (Å²) < 4.78 is 19.1. The molecule has 0 rings (SSSR count). The standard InChI is InChI=1S/Al.3BrH.2FH.Ni/h;5*1H;/q+3;;;;;;+2/p-5. The number of rotatable bonds is 0. The minimum absolute atomic E-state index is 0. The third-order valence-corrected chi connectivity index (χ3v) is 0. The zero-order valence-electron chi connectivity index (χ0n) is 2.78. The molecular weight excluding hydrogens is 363 g/mol. The second kappa shape index (κ2) is 40.4. The predicted octanol–water partition coefficient (Wildman–Crippen LogP) is -8.53. The SMILES string of the molecule is [Al+3].[Br-].[Br-].[Br-].[F][Ni][F]. The molecule has 48 valence electrons. The van der Waals surface area contributed by atoms with E-state index in [1.54, 1.807) is 0 Å². The topological polar surface area (TPSA) is 0 Å². The van der Waals surface area contributed by atoms with Gasteiger partial charge in [0.05, 0.1) is 0 Å². The molecule has 0 heterocycles. The molecule has 7 heavy (non-hydrogen) atoms.